The van der Waals surface area contributed by atoms with Crippen molar-refractivity contribution in [3.05, 3.63) is 66.9 Å². The standard InChI is InChI=1S/C23H24N4O2/c1-15-7-8-18(11-20(15)17-13-24-21-6-4-10-26(21)14-17)25-16(2)27-19-5-3-9-23(27,12-19)22(28)29/h4,6-8,10-11,13-14,19,25H,2-3,5,9,12H2,1H3,(H,28,29). The quantitative estimate of drug-likeness (QED) is 0.683. The first kappa shape index (κ1) is 17.8. The Morgan fingerprint density at radius 1 is 1.38 bits per heavy atom. The molecule has 0 amide bonds. The van der Waals surface area contributed by atoms with E-state index in [0.29, 0.717) is 18.7 Å². The number of aliphatic carboxylic acids is 1. The number of rotatable bonds is 5. The Hall–Kier alpha value is -3.28. The van der Waals surface area contributed by atoms with Gasteiger partial charge in [-0.2, -0.15) is 0 Å². The van der Waals surface area contributed by atoms with E-state index in [2.05, 4.69) is 42.1 Å². The largest absolute Gasteiger partial charge is 0.479 e. The lowest BCUT2D eigenvalue weighted by atomic mass is 9.68. The molecule has 2 fully saturated rings. The molecule has 2 aromatic heterocycles. The van der Waals surface area contributed by atoms with Gasteiger partial charge >= 0.3 is 5.97 Å². The molecule has 148 valence electrons. The van der Waals surface area contributed by atoms with E-state index >= 15 is 0 Å². The topological polar surface area (TPSA) is 69.9 Å². The third kappa shape index (κ3) is 2.70. The summed E-state index contributed by atoms with van der Waals surface area (Å²) in [4.78, 5) is 18.4. The second kappa shape index (κ2) is 6.37. The Labute approximate surface area is 169 Å². The number of nitrogens with zero attached hydrogens (tertiary/aromatic N) is 3. The van der Waals surface area contributed by atoms with Crippen molar-refractivity contribution in [2.24, 2.45) is 0 Å². The van der Waals surface area contributed by atoms with Gasteiger partial charge in [-0.05, 0) is 61.6 Å². The highest BCUT2D eigenvalue weighted by molar-refractivity contribution is 5.81. The van der Waals surface area contributed by atoms with Gasteiger partial charge in [-0.15, -0.1) is 0 Å². The smallest absolute Gasteiger partial charge is 0.329 e. The predicted molar refractivity (Wildman–Crippen MR) is 113 cm³/mol. The summed E-state index contributed by atoms with van der Waals surface area (Å²) < 4.78 is 2.01. The second-order valence-corrected chi connectivity index (χ2v) is 8.17. The minimum absolute atomic E-state index is 0.269. The van der Waals surface area contributed by atoms with Crippen LogP contribution < -0.4 is 5.32 Å². The van der Waals surface area contributed by atoms with Gasteiger partial charge in [-0.25, -0.2) is 9.78 Å². The number of carboxylic acid groups (broad SMARTS) is 1. The average molecular weight is 388 g/mol. The summed E-state index contributed by atoms with van der Waals surface area (Å²) in [5.41, 5.74) is 4.29. The van der Waals surface area contributed by atoms with Crippen LogP contribution in [0.5, 0.6) is 0 Å². The Balaban J connectivity index is 1.43. The second-order valence-electron chi connectivity index (χ2n) is 8.17. The van der Waals surface area contributed by atoms with E-state index < -0.39 is 11.5 Å². The van der Waals surface area contributed by atoms with E-state index in [1.54, 1.807) is 0 Å². The van der Waals surface area contributed by atoms with E-state index in [9.17, 15) is 9.90 Å². The summed E-state index contributed by atoms with van der Waals surface area (Å²) in [6, 6.07) is 10.4. The molecule has 6 nitrogen and oxygen atoms in total. The van der Waals surface area contributed by atoms with Gasteiger partial charge in [0.05, 0.1) is 5.82 Å². The lowest BCUT2D eigenvalue weighted by molar-refractivity contribution is -0.172. The maximum absolute atomic E-state index is 11.9. The number of carboxylic acids is 1. The van der Waals surface area contributed by atoms with E-state index in [1.807, 2.05) is 39.9 Å². The molecule has 2 aliphatic rings. The van der Waals surface area contributed by atoms with Crippen molar-refractivity contribution in [3.63, 3.8) is 0 Å². The summed E-state index contributed by atoms with van der Waals surface area (Å²) in [6.45, 7) is 6.25. The lowest BCUT2D eigenvalue weighted by Crippen LogP contribution is -2.71. The highest BCUT2D eigenvalue weighted by Gasteiger charge is 2.59. The van der Waals surface area contributed by atoms with Crippen LogP contribution in [0.2, 0.25) is 0 Å². The van der Waals surface area contributed by atoms with Crippen LogP contribution in [0.25, 0.3) is 16.8 Å². The number of aryl methyl sites for hydroxylation is 1. The third-order valence-corrected chi connectivity index (χ3v) is 6.42. The zero-order valence-corrected chi connectivity index (χ0v) is 16.4. The third-order valence-electron chi connectivity index (χ3n) is 6.42. The van der Waals surface area contributed by atoms with Gasteiger partial charge in [0.1, 0.15) is 11.2 Å². The van der Waals surface area contributed by atoms with E-state index in [-0.39, 0.29) is 6.04 Å². The lowest BCUT2D eigenvalue weighted by Gasteiger charge is -2.61. The maximum atomic E-state index is 11.9. The first-order chi connectivity index (χ1) is 14.0. The van der Waals surface area contributed by atoms with Crippen LogP contribution in [0.1, 0.15) is 31.2 Å². The fourth-order valence-corrected chi connectivity index (χ4v) is 4.97. The van der Waals surface area contributed by atoms with Gasteiger partial charge in [0.15, 0.2) is 0 Å². The minimum atomic E-state index is -0.788. The average Bonchev–Trinajstić information content (AvgIpc) is 3.17. The Morgan fingerprint density at radius 3 is 3.03 bits per heavy atom. The summed E-state index contributed by atoms with van der Waals surface area (Å²) >= 11 is 0. The van der Waals surface area contributed by atoms with Gasteiger partial charge in [0.25, 0.3) is 0 Å². The fourth-order valence-electron chi connectivity index (χ4n) is 4.97. The highest BCUT2D eigenvalue weighted by Crippen LogP contribution is 2.49. The van der Waals surface area contributed by atoms with E-state index in [1.165, 1.54) is 0 Å². The molecule has 3 aromatic rings. The normalized spacial score (nSPS) is 22.9. The van der Waals surface area contributed by atoms with Gasteiger partial charge in [0.2, 0.25) is 0 Å². The maximum Gasteiger partial charge on any atom is 0.329 e. The summed E-state index contributed by atoms with van der Waals surface area (Å²) in [7, 11) is 0. The molecule has 5 rings (SSSR count). The molecule has 2 saturated heterocycles. The first-order valence-corrected chi connectivity index (χ1v) is 10.0. The van der Waals surface area contributed by atoms with Crippen molar-refractivity contribution in [2.45, 2.75) is 44.2 Å². The van der Waals surface area contributed by atoms with Crippen molar-refractivity contribution in [1.29, 1.82) is 0 Å². The minimum Gasteiger partial charge on any atom is -0.479 e. The van der Waals surface area contributed by atoms with Gasteiger partial charge in [-0.1, -0.05) is 12.6 Å². The summed E-state index contributed by atoms with van der Waals surface area (Å²) in [6.07, 6.45) is 9.32. The zero-order valence-electron chi connectivity index (χ0n) is 16.4. The molecule has 2 atom stereocenters. The van der Waals surface area contributed by atoms with Gasteiger partial charge in [-0.3, -0.25) is 0 Å². The molecule has 2 bridgehead atoms. The van der Waals surface area contributed by atoms with Crippen LogP contribution in [0.4, 0.5) is 5.69 Å². The number of carbonyl (C=O) groups is 1. The van der Waals surface area contributed by atoms with Crippen molar-refractivity contribution in [2.75, 3.05) is 5.32 Å². The molecule has 0 spiro atoms. The predicted octanol–water partition coefficient (Wildman–Crippen LogP) is 4.27. The van der Waals surface area contributed by atoms with E-state index in [4.69, 9.17) is 0 Å². The summed E-state index contributed by atoms with van der Waals surface area (Å²) in [5.74, 6) is -0.0794. The van der Waals surface area contributed by atoms with Crippen LogP contribution >= 0.6 is 0 Å². The van der Waals surface area contributed by atoms with E-state index in [0.717, 1.165) is 40.9 Å². The number of hydrogen-bond acceptors (Lipinski definition) is 4. The molecule has 29 heavy (non-hydrogen) atoms. The zero-order chi connectivity index (χ0) is 20.2. The number of piperidine rings is 1. The molecule has 2 unspecified atom stereocenters. The number of benzene rings is 1. The van der Waals surface area contributed by atoms with Crippen molar-refractivity contribution in [3.8, 4) is 11.1 Å². The fraction of sp³-hybridized carbons (Fsp3) is 0.304. The van der Waals surface area contributed by atoms with Crippen molar-refractivity contribution in [1.82, 2.24) is 14.3 Å². The first-order valence-electron chi connectivity index (χ1n) is 10.0. The molecule has 2 aliphatic heterocycles. The van der Waals surface area contributed by atoms with Crippen LogP contribution in [-0.4, -0.2) is 36.9 Å². The highest BCUT2D eigenvalue weighted by atomic mass is 16.4. The Bertz CT molecular complexity index is 1130. The molecule has 2 N–H and O–H groups in total. The number of fused-ring (bicyclic) bond motifs is 3. The van der Waals surface area contributed by atoms with Crippen LogP contribution in [0, 0.1) is 6.92 Å². The molecule has 0 saturated carbocycles. The number of hydrogen-bond donors (Lipinski definition) is 2. The Morgan fingerprint density at radius 2 is 2.24 bits per heavy atom. The Kier molecular flexibility index (Phi) is 3.91. The van der Waals surface area contributed by atoms with Gasteiger partial charge < -0.3 is 19.7 Å². The van der Waals surface area contributed by atoms with Crippen molar-refractivity contribution >= 4 is 17.3 Å². The van der Waals surface area contributed by atoms with Crippen LogP contribution in [0.3, 0.4) is 0 Å². The van der Waals surface area contributed by atoms with Gasteiger partial charge in [0, 0.05) is 42.3 Å². The molecule has 4 heterocycles. The molecule has 0 aliphatic carbocycles. The number of anilines is 1. The SMILES string of the molecule is C=C(Nc1ccc(C)c(-c2cnc3cccn3c2)c1)N1C2CCCC1(C(=O)O)C2. The monoisotopic (exact) mass is 388 g/mol. The van der Waals surface area contributed by atoms with Crippen LogP contribution in [0.15, 0.2) is 61.3 Å². The number of aromatic nitrogens is 2. The molecule has 6 heteroatoms. The van der Waals surface area contributed by atoms with Crippen molar-refractivity contribution < 1.29 is 9.90 Å². The number of nitrogens with one attached hydrogen (secondary N) is 1. The van der Waals surface area contributed by atoms with Crippen LogP contribution in [-0.2, 0) is 4.79 Å². The molecular formula is C23H24N4O2. The molecule has 0 radical (unpaired) electrons. The molecule has 1 aromatic carbocycles. The summed E-state index contributed by atoms with van der Waals surface area (Å²) in [5, 5.41) is 13.2. The molecular weight excluding hydrogens is 364 g/mol.